The number of aldehydes is 1. The van der Waals surface area contributed by atoms with E-state index >= 15 is 0 Å². The molecule has 0 saturated heterocycles. The van der Waals surface area contributed by atoms with Crippen LogP contribution in [0.4, 0.5) is 0 Å². The summed E-state index contributed by atoms with van der Waals surface area (Å²) in [5, 5.41) is 0. The van der Waals surface area contributed by atoms with Crippen LogP contribution in [0, 0.1) is 0 Å². The predicted octanol–water partition coefficient (Wildman–Crippen LogP) is -0.877. The van der Waals surface area contributed by atoms with Crippen molar-refractivity contribution >= 4 is 16.3 Å². The van der Waals surface area contributed by atoms with Crippen molar-refractivity contribution < 1.29 is 13.2 Å². The van der Waals surface area contributed by atoms with Crippen molar-refractivity contribution in [1.29, 1.82) is 0 Å². The first kappa shape index (κ1) is 8.58. The molecular weight excluding hydrogens is 142 g/mol. The van der Waals surface area contributed by atoms with Gasteiger partial charge in [0.15, 0.2) is 0 Å². The molecule has 0 radical (unpaired) electrons. The van der Waals surface area contributed by atoms with Gasteiger partial charge in [-0.05, 0) is 6.92 Å². The molecule has 0 unspecified atom stereocenters. The van der Waals surface area contributed by atoms with Crippen LogP contribution in [0.1, 0.15) is 6.92 Å². The van der Waals surface area contributed by atoms with Crippen molar-refractivity contribution in [2.45, 2.75) is 13.0 Å². The van der Waals surface area contributed by atoms with Crippen molar-refractivity contribution in [2.75, 3.05) is 6.26 Å². The third kappa shape index (κ3) is 5.45. The average molecular weight is 151 g/mol. The fourth-order valence-electron chi connectivity index (χ4n) is 0.365. The molecule has 1 atom stereocenters. The Hall–Kier alpha value is -0.420. The van der Waals surface area contributed by atoms with E-state index in [-0.39, 0.29) is 0 Å². The highest BCUT2D eigenvalue weighted by Gasteiger charge is 2.05. The zero-order valence-electron chi connectivity index (χ0n) is 5.29. The molecule has 0 bridgehead atoms. The van der Waals surface area contributed by atoms with Crippen molar-refractivity contribution in [3.63, 3.8) is 0 Å². The zero-order valence-corrected chi connectivity index (χ0v) is 6.10. The Morgan fingerprint density at radius 3 is 2.11 bits per heavy atom. The monoisotopic (exact) mass is 151 g/mol. The molecule has 0 aliphatic rings. The van der Waals surface area contributed by atoms with Gasteiger partial charge in [-0.1, -0.05) is 0 Å². The van der Waals surface area contributed by atoms with E-state index in [1.807, 2.05) is 0 Å². The van der Waals surface area contributed by atoms with Crippen LogP contribution in [0.15, 0.2) is 0 Å². The molecule has 0 aromatic heterocycles. The Morgan fingerprint density at radius 1 is 1.56 bits per heavy atom. The van der Waals surface area contributed by atoms with Crippen LogP contribution in [0.5, 0.6) is 0 Å². The van der Waals surface area contributed by atoms with Crippen molar-refractivity contribution in [3.05, 3.63) is 0 Å². The molecule has 0 aliphatic carbocycles. The minimum atomic E-state index is -3.22. The molecule has 0 heterocycles. The minimum Gasteiger partial charge on any atom is -0.302 e. The van der Waals surface area contributed by atoms with Crippen LogP contribution < -0.4 is 4.72 Å². The largest absolute Gasteiger partial charge is 0.302 e. The first-order chi connectivity index (χ1) is 3.95. The van der Waals surface area contributed by atoms with Gasteiger partial charge in [0.05, 0.1) is 12.3 Å². The third-order valence-electron chi connectivity index (χ3n) is 0.604. The molecule has 5 heteroatoms. The maximum Gasteiger partial charge on any atom is 0.209 e. The standard InChI is InChI=1S/C4H9NO3S/c1-4(3-6)5-9(2,7)8/h3-5H,1-2H3/t4-/m0/s1. The van der Waals surface area contributed by atoms with Gasteiger partial charge in [0, 0.05) is 0 Å². The van der Waals surface area contributed by atoms with Crippen LogP contribution in [-0.4, -0.2) is 27.0 Å². The third-order valence-corrected chi connectivity index (χ3v) is 1.40. The molecule has 0 fully saturated rings. The fraction of sp³-hybridized carbons (Fsp3) is 0.750. The quantitative estimate of drug-likeness (QED) is 0.533. The average Bonchev–Trinajstić information content (AvgIpc) is 1.62. The number of sulfonamides is 1. The topological polar surface area (TPSA) is 63.2 Å². The van der Waals surface area contributed by atoms with Crippen LogP contribution in [0.25, 0.3) is 0 Å². The van der Waals surface area contributed by atoms with Crippen molar-refractivity contribution in [1.82, 2.24) is 4.72 Å². The molecule has 0 spiro atoms. The van der Waals surface area contributed by atoms with Gasteiger partial charge in [0.25, 0.3) is 0 Å². The summed E-state index contributed by atoms with van der Waals surface area (Å²) in [6.07, 6.45) is 1.54. The lowest BCUT2D eigenvalue weighted by atomic mass is 10.4. The lowest BCUT2D eigenvalue weighted by Gasteiger charge is -2.01. The van der Waals surface area contributed by atoms with E-state index in [1.54, 1.807) is 0 Å². The molecule has 0 aromatic rings. The Kier molecular flexibility index (Phi) is 2.80. The second-order valence-corrected chi connectivity index (χ2v) is 3.59. The lowest BCUT2D eigenvalue weighted by molar-refractivity contribution is -0.108. The van der Waals surface area contributed by atoms with Crippen LogP contribution in [-0.2, 0) is 14.8 Å². The summed E-state index contributed by atoms with van der Waals surface area (Å²) in [6.45, 7) is 1.47. The van der Waals surface area contributed by atoms with Gasteiger partial charge < -0.3 is 4.79 Å². The van der Waals surface area contributed by atoms with E-state index in [2.05, 4.69) is 4.72 Å². The lowest BCUT2D eigenvalue weighted by Crippen LogP contribution is -2.32. The predicted molar refractivity (Wildman–Crippen MR) is 33.5 cm³/mol. The van der Waals surface area contributed by atoms with Crippen molar-refractivity contribution in [3.8, 4) is 0 Å². The summed E-state index contributed by atoms with van der Waals surface area (Å²) in [7, 11) is -3.22. The van der Waals surface area contributed by atoms with Crippen LogP contribution >= 0.6 is 0 Å². The second kappa shape index (κ2) is 2.93. The summed E-state index contributed by atoms with van der Waals surface area (Å²) < 4.78 is 22.7. The number of rotatable bonds is 3. The zero-order chi connectivity index (χ0) is 7.49. The number of carbonyl (C=O) groups is 1. The van der Waals surface area contributed by atoms with Gasteiger partial charge in [-0.15, -0.1) is 0 Å². The first-order valence-corrected chi connectivity index (χ1v) is 4.27. The molecule has 0 rings (SSSR count). The normalized spacial score (nSPS) is 14.9. The van der Waals surface area contributed by atoms with Crippen LogP contribution in [0.3, 0.4) is 0 Å². The van der Waals surface area contributed by atoms with E-state index in [1.165, 1.54) is 6.92 Å². The maximum atomic E-state index is 10.3. The number of hydrogen-bond donors (Lipinski definition) is 1. The highest BCUT2D eigenvalue weighted by Crippen LogP contribution is 1.78. The van der Waals surface area contributed by atoms with Gasteiger partial charge in [0.1, 0.15) is 6.29 Å². The van der Waals surface area contributed by atoms with E-state index in [9.17, 15) is 13.2 Å². The molecule has 0 aliphatic heterocycles. The Morgan fingerprint density at radius 2 is 2.00 bits per heavy atom. The van der Waals surface area contributed by atoms with E-state index < -0.39 is 16.1 Å². The first-order valence-electron chi connectivity index (χ1n) is 2.38. The van der Waals surface area contributed by atoms with Gasteiger partial charge >= 0.3 is 0 Å². The molecular formula is C4H9NO3S. The van der Waals surface area contributed by atoms with Gasteiger partial charge in [-0.2, -0.15) is 0 Å². The highest BCUT2D eigenvalue weighted by molar-refractivity contribution is 7.88. The molecule has 54 valence electrons. The molecule has 0 amide bonds. The number of hydrogen-bond acceptors (Lipinski definition) is 3. The summed E-state index contributed by atoms with van der Waals surface area (Å²) in [4.78, 5) is 9.86. The SMILES string of the molecule is C[C@@H](C=O)NS(C)(=O)=O. The smallest absolute Gasteiger partial charge is 0.209 e. The summed E-state index contributed by atoms with van der Waals surface area (Å²) in [5.74, 6) is 0. The summed E-state index contributed by atoms with van der Waals surface area (Å²) in [5.41, 5.74) is 0. The Labute approximate surface area is 54.3 Å². The summed E-state index contributed by atoms with van der Waals surface area (Å²) in [6, 6.07) is -0.625. The van der Waals surface area contributed by atoms with Gasteiger partial charge in [-0.25, -0.2) is 13.1 Å². The fourth-order valence-corrected chi connectivity index (χ4v) is 1.10. The Balaban J connectivity index is 3.89. The van der Waals surface area contributed by atoms with Crippen molar-refractivity contribution in [2.24, 2.45) is 0 Å². The van der Waals surface area contributed by atoms with E-state index in [0.717, 1.165) is 6.26 Å². The summed E-state index contributed by atoms with van der Waals surface area (Å²) >= 11 is 0. The maximum absolute atomic E-state index is 10.3. The number of nitrogens with one attached hydrogen (secondary N) is 1. The van der Waals surface area contributed by atoms with E-state index in [4.69, 9.17) is 0 Å². The minimum absolute atomic E-state index is 0.529. The Bertz CT molecular complexity index is 184. The molecule has 0 aromatic carbocycles. The van der Waals surface area contributed by atoms with Gasteiger partial charge in [0.2, 0.25) is 10.0 Å². The van der Waals surface area contributed by atoms with E-state index in [0.29, 0.717) is 6.29 Å². The molecule has 0 saturated carbocycles. The molecule has 9 heavy (non-hydrogen) atoms. The van der Waals surface area contributed by atoms with Crippen LogP contribution in [0.2, 0.25) is 0 Å². The highest BCUT2D eigenvalue weighted by atomic mass is 32.2. The molecule has 1 N–H and O–H groups in total. The number of carbonyl (C=O) groups excluding carboxylic acids is 1. The van der Waals surface area contributed by atoms with Gasteiger partial charge in [-0.3, -0.25) is 0 Å². The second-order valence-electron chi connectivity index (χ2n) is 1.81. The molecule has 4 nitrogen and oxygen atoms in total.